The van der Waals surface area contributed by atoms with Crippen molar-refractivity contribution >= 4 is 227 Å². The number of benzene rings is 7. The Labute approximate surface area is 628 Å². The number of H-pyrrole nitrogens is 1. The zero-order valence-corrected chi connectivity index (χ0v) is 66.9. The monoisotopic (exact) mass is 1770 g/mol. The van der Waals surface area contributed by atoms with Gasteiger partial charge >= 0.3 is 32.0 Å². The van der Waals surface area contributed by atoms with E-state index in [4.69, 9.17) is 91.7 Å². The summed E-state index contributed by atoms with van der Waals surface area (Å²) < 4.78 is 53.8. The molecule has 3 N–H and O–H groups in total. The molecule has 9 aromatic rings. The van der Waals surface area contributed by atoms with Crippen molar-refractivity contribution in [2.45, 2.75) is 115 Å². The second kappa shape index (κ2) is 40.5. The van der Waals surface area contributed by atoms with Gasteiger partial charge in [0.1, 0.15) is 0 Å². The third-order valence-electron chi connectivity index (χ3n) is 13.6. The number of nitrogens with two attached hydrogens (primary N) is 1. The van der Waals surface area contributed by atoms with Crippen molar-refractivity contribution in [3.63, 3.8) is 0 Å². The number of nitro groups is 2. The minimum atomic E-state index is -6.00. The Balaban J connectivity index is 0.000000369. The summed E-state index contributed by atoms with van der Waals surface area (Å²) in [6.07, 6.45) is 7.02. The molecule has 0 spiro atoms. The Morgan fingerprint density at radius 3 is 1.53 bits per heavy atom. The second-order valence-corrected chi connectivity index (χ2v) is 27.7. The van der Waals surface area contributed by atoms with Crippen LogP contribution in [0.1, 0.15) is 97.8 Å². The number of anilines is 1. The fourth-order valence-electron chi connectivity index (χ4n) is 8.10. The summed E-state index contributed by atoms with van der Waals surface area (Å²) >= 11 is 61.9. The van der Waals surface area contributed by atoms with E-state index in [1.807, 2.05) is 83.6 Å². The molecule has 3 heterocycles. The van der Waals surface area contributed by atoms with Crippen molar-refractivity contribution in [3.8, 4) is 0 Å². The van der Waals surface area contributed by atoms with Crippen LogP contribution < -0.4 is 5.73 Å². The van der Waals surface area contributed by atoms with Gasteiger partial charge in [0.2, 0.25) is 0 Å². The first-order valence-electron chi connectivity index (χ1n) is 27.5. The number of aromatic nitrogens is 4. The van der Waals surface area contributed by atoms with Crippen LogP contribution in [0.25, 0.3) is 21.8 Å². The van der Waals surface area contributed by atoms with Gasteiger partial charge in [0.05, 0.1) is 58.4 Å². The predicted molar refractivity (Wildman–Crippen MR) is 407 cm³/mol. The number of hydrogen-bond donors (Lipinski definition) is 3. The van der Waals surface area contributed by atoms with E-state index in [2.05, 4.69) is 152 Å². The number of aryl methyl sites for hydroxylation is 10. The molecule has 10 rings (SSSR count). The van der Waals surface area contributed by atoms with Crippen LogP contribution in [0.2, 0.25) is 35.2 Å². The van der Waals surface area contributed by atoms with Gasteiger partial charge in [-0.25, -0.2) is 4.68 Å². The maximum atomic E-state index is 10.6. The Bertz CT molecular complexity index is 4040. The number of aromatic amines is 1. The third kappa shape index (κ3) is 26.3. The Morgan fingerprint density at radius 1 is 0.585 bits per heavy atom. The van der Waals surface area contributed by atoms with Crippen LogP contribution in [0.15, 0.2) is 99.7 Å². The molecule has 1 fully saturated rings. The van der Waals surface area contributed by atoms with Gasteiger partial charge in [-0.3, -0.25) is 25.3 Å². The van der Waals surface area contributed by atoms with E-state index in [-0.39, 0.29) is 17.6 Å². The number of nitrogen functional groups attached to an aromatic ring is 1. The SMILES string of the molecule is Cc1cc(C)c(Cl)c(Br)c1C.Cc1cc(N)c(C)c(Br)c1Cl.Cc1cc([N+](=O)[O-])c(C)c(Br)c1Cl.Cc1cc([N+](=O)[O-])c(C)cc1Cl.Cc1cc2[nH]ncc2c(Br)c1Cl.Cc1cc2c(cnn2C2CCCCO2)c(Br)c1Cl.Cc1ccc(C)c(Cl)c1.F[B-](F)(F)F.[B]=NS. The van der Waals surface area contributed by atoms with Crippen LogP contribution in [0.3, 0.4) is 0 Å². The molecule has 7 aromatic carbocycles. The first kappa shape index (κ1) is 86.6. The molecule has 1 atom stereocenters. The van der Waals surface area contributed by atoms with E-state index in [1.54, 1.807) is 40.0 Å². The van der Waals surface area contributed by atoms with Gasteiger partial charge in [-0.05, 0) is 280 Å². The molecule has 0 amide bonds. The van der Waals surface area contributed by atoms with E-state index in [1.165, 1.54) is 35.2 Å². The van der Waals surface area contributed by atoms with E-state index >= 15 is 0 Å². The van der Waals surface area contributed by atoms with Crippen molar-refractivity contribution < 1.29 is 31.8 Å². The average molecular weight is 1780 g/mol. The van der Waals surface area contributed by atoms with Crippen molar-refractivity contribution in [2.24, 2.45) is 4.30 Å². The van der Waals surface area contributed by atoms with Gasteiger partial charge in [-0.15, -0.1) is 0 Å². The van der Waals surface area contributed by atoms with E-state index in [9.17, 15) is 37.5 Å². The topological polar surface area (TPSA) is 180 Å². The average Bonchev–Trinajstić information content (AvgIpc) is 1.61. The molecule has 0 bridgehead atoms. The molecule has 32 heteroatoms. The van der Waals surface area contributed by atoms with E-state index < -0.39 is 17.1 Å². The number of nitrogens with zero attached hydrogens (tertiary/aromatic N) is 6. The summed E-state index contributed by atoms with van der Waals surface area (Å²) in [5.41, 5.74) is 21.4. The van der Waals surface area contributed by atoms with Crippen LogP contribution in [-0.4, -0.2) is 51.3 Å². The summed E-state index contributed by atoms with van der Waals surface area (Å²) in [6, 6.07) is 18.7. The van der Waals surface area contributed by atoms with Crippen molar-refractivity contribution in [2.75, 3.05) is 12.3 Å². The fraction of sp³-hybridized carbons (Fsp3) is 0.290. The number of nitrogens with one attached hydrogen (secondary N) is 1. The predicted octanol–water partition coefficient (Wildman–Crippen LogP) is 26.0. The fourth-order valence-corrected chi connectivity index (χ4v) is 12.4. The summed E-state index contributed by atoms with van der Waals surface area (Å²) in [5.74, 6) is 0. The number of ether oxygens (including phenoxy) is 1. The Kier molecular flexibility index (Phi) is 37.3. The molecule has 0 saturated carbocycles. The molecule has 0 aliphatic carbocycles. The molecule has 1 saturated heterocycles. The quantitative estimate of drug-likeness (QED) is 0.0390. The summed E-state index contributed by atoms with van der Waals surface area (Å²) in [5, 5.41) is 39.4. The number of hydrogen-bond acceptors (Lipinski definition) is 10. The van der Waals surface area contributed by atoms with Gasteiger partial charge in [0.15, 0.2) is 6.23 Å². The number of halogens is 16. The summed E-state index contributed by atoms with van der Waals surface area (Å²) in [4.78, 5) is 20.2. The normalized spacial score (nSPS) is 12.1. The molecule has 13 nitrogen and oxygen atoms in total. The van der Waals surface area contributed by atoms with E-state index in [0.29, 0.717) is 31.2 Å². The molecule has 1 radical (unpaired) electrons. The number of thiol groups is 1. The standard InChI is InChI=1S/C13H14BrClN2O.C9H10BrCl.C8H6BrClN2.C8H7BrClNO2.C8H9BrClN.C8H8ClNO2.C8H9Cl.BF4.BHNS/c1-8-6-10-9(12(14)13(8)15)7-16-17(10)11-4-2-3-5-18-11;1-5-4-6(2)9(11)8(10)7(5)3;1-4-2-6-5(3-11-12-6)7(9)8(4)10;1-4-3-6(11(12)13)5(2)7(9)8(4)10;1-4-3-6(11)5(2)7(9)8(4)10;1-5-4-8(10(11)12)6(2)3-7(5)9;1-6-3-4-7(2)8(9)5-6;2-1(3,4)5;1-2-3/h6-7,11H,2-5H2,1H3;4H,1-3H3;2-3H,1H3,(H,11,12);3H,1-2H3;3H,11H2,1-2H3;3-4H,1-2H3;3-5H,1-2H3;;3H/q;;;;;;;-1;. The molecule has 1 aliphatic heterocycles. The molecular formula is C62H64B2Br5Cl7F4N8O5S-. The first-order valence-corrected chi connectivity index (χ1v) is 34.5. The van der Waals surface area contributed by atoms with Gasteiger partial charge in [-0.1, -0.05) is 99.4 Å². The molecule has 1 aliphatic rings. The Hall–Kier alpha value is -3.53. The molecule has 507 valence electrons. The zero-order valence-electron chi connectivity index (χ0n) is 52.8. The second-order valence-electron chi connectivity index (χ2n) is 20.8. The van der Waals surface area contributed by atoms with Crippen LogP contribution >= 0.6 is 174 Å². The maximum absolute atomic E-state index is 10.6. The minimum absolute atomic E-state index is 0.0590. The van der Waals surface area contributed by atoms with Crippen molar-refractivity contribution in [1.29, 1.82) is 0 Å². The molecular weight excluding hydrogens is 1710 g/mol. The van der Waals surface area contributed by atoms with Crippen molar-refractivity contribution in [1.82, 2.24) is 20.0 Å². The van der Waals surface area contributed by atoms with Gasteiger partial charge in [0.25, 0.3) is 11.4 Å². The van der Waals surface area contributed by atoms with Crippen LogP contribution in [0.4, 0.5) is 34.3 Å². The van der Waals surface area contributed by atoms with Crippen LogP contribution in [-0.2, 0) is 4.74 Å². The summed E-state index contributed by atoms with van der Waals surface area (Å²) in [6.45, 7) is 25.7. The van der Waals surface area contributed by atoms with Gasteiger partial charge in [0, 0.05) is 78.7 Å². The van der Waals surface area contributed by atoms with Crippen molar-refractivity contribution in [3.05, 3.63) is 223 Å². The van der Waals surface area contributed by atoms with E-state index in [0.717, 1.165) is 129 Å². The third-order valence-corrected chi connectivity index (χ3v) is 22.6. The molecule has 1 unspecified atom stereocenters. The zero-order chi connectivity index (χ0) is 72.1. The number of nitro benzene ring substituents is 2. The first-order chi connectivity index (χ1) is 43.5. The molecule has 94 heavy (non-hydrogen) atoms. The number of fused-ring (bicyclic) bond motifs is 2. The van der Waals surface area contributed by atoms with Crippen LogP contribution in [0.5, 0.6) is 0 Å². The Morgan fingerprint density at radius 2 is 1.03 bits per heavy atom. The summed E-state index contributed by atoms with van der Waals surface area (Å²) in [7, 11) is -1.66. The van der Waals surface area contributed by atoms with Gasteiger partial charge < -0.3 is 27.7 Å². The molecule has 2 aromatic heterocycles. The van der Waals surface area contributed by atoms with Crippen LogP contribution in [0, 0.1) is 110 Å². The number of rotatable bonds is 3. The van der Waals surface area contributed by atoms with Gasteiger partial charge in [-0.2, -0.15) is 10.2 Å².